The zero-order chi connectivity index (χ0) is 11.3. The zero-order valence-corrected chi connectivity index (χ0v) is 8.43. The fourth-order valence-corrected chi connectivity index (χ4v) is 1.23. The van der Waals surface area contributed by atoms with Crippen LogP contribution in [0.2, 0.25) is 0 Å². The van der Waals surface area contributed by atoms with Crippen molar-refractivity contribution in [1.82, 2.24) is 0 Å². The standard InChI is InChI=1S/C12H12O3/c1-9-5-6-10(11(7-9)8-13)3-2-4-12(14)15/h2-3,5-8H,4H2,1H3,(H,14,15). The Morgan fingerprint density at radius 1 is 1.40 bits per heavy atom. The van der Waals surface area contributed by atoms with Gasteiger partial charge in [0.05, 0.1) is 6.42 Å². The predicted octanol–water partition coefficient (Wildman–Crippen LogP) is 2.30. The number of aliphatic carboxylic acids is 1. The molecular formula is C12H12O3. The van der Waals surface area contributed by atoms with E-state index in [1.165, 1.54) is 6.08 Å². The Balaban J connectivity index is 2.89. The summed E-state index contributed by atoms with van der Waals surface area (Å²) < 4.78 is 0. The maximum atomic E-state index is 10.7. The van der Waals surface area contributed by atoms with Gasteiger partial charge in [0, 0.05) is 5.56 Å². The van der Waals surface area contributed by atoms with Crippen LogP contribution in [0.4, 0.5) is 0 Å². The van der Waals surface area contributed by atoms with Gasteiger partial charge in [-0.15, -0.1) is 0 Å². The Labute approximate surface area is 88.0 Å². The van der Waals surface area contributed by atoms with E-state index < -0.39 is 5.97 Å². The van der Waals surface area contributed by atoms with Gasteiger partial charge >= 0.3 is 5.97 Å². The van der Waals surface area contributed by atoms with Gasteiger partial charge in [0.1, 0.15) is 0 Å². The summed E-state index contributed by atoms with van der Waals surface area (Å²) in [7, 11) is 0. The Bertz CT molecular complexity index is 405. The van der Waals surface area contributed by atoms with Crippen molar-refractivity contribution in [2.75, 3.05) is 0 Å². The molecule has 0 aromatic heterocycles. The third-order valence-electron chi connectivity index (χ3n) is 1.96. The number of aldehydes is 1. The molecule has 1 aromatic carbocycles. The fourth-order valence-electron chi connectivity index (χ4n) is 1.23. The highest BCUT2D eigenvalue weighted by molar-refractivity contribution is 5.82. The summed E-state index contributed by atoms with van der Waals surface area (Å²) in [6, 6.07) is 5.46. The molecule has 3 heteroatoms. The van der Waals surface area contributed by atoms with E-state index in [9.17, 15) is 9.59 Å². The minimum atomic E-state index is -0.883. The maximum absolute atomic E-state index is 10.7. The minimum absolute atomic E-state index is 0.0355. The summed E-state index contributed by atoms with van der Waals surface area (Å²) in [5.74, 6) is -0.883. The van der Waals surface area contributed by atoms with Crippen LogP contribution in [0.3, 0.4) is 0 Å². The first-order chi connectivity index (χ1) is 7.13. The van der Waals surface area contributed by atoms with Crippen molar-refractivity contribution in [2.24, 2.45) is 0 Å². The largest absolute Gasteiger partial charge is 0.481 e. The van der Waals surface area contributed by atoms with E-state index in [-0.39, 0.29) is 6.42 Å². The van der Waals surface area contributed by atoms with E-state index in [0.717, 1.165) is 17.4 Å². The molecule has 3 nitrogen and oxygen atoms in total. The number of carbonyl (C=O) groups is 2. The number of aryl methyl sites for hydroxylation is 1. The third-order valence-corrected chi connectivity index (χ3v) is 1.96. The number of carboxylic acid groups (broad SMARTS) is 1. The normalized spacial score (nSPS) is 10.5. The van der Waals surface area contributed by atoms with Gasteiger partial charge in [-0.2, -0.15) is 0 Å². The van der Waals surface area contributed by atoms with Gasteiger partial charge in [0.2, 0.25) is 0 Å². The molecule has 0 saturated heterocycles. The van der Waals surface area contributed by atoms with Gasteiger partial charge in [-0.1, -0.05) is 29.8 Å². The first-order valence-corrected chi connectivity index (χ1v) is 4.57. The van der Waals surface area contributed by atoms with Gasteiger partial charge < -0.3 is 5.11 Å². The number of carboxylic acids is 1. The number of hydrogen-bond acceptors (Lipinski definition) is 2. The average Bonchev–Trinajstić information content (AvgIpc) is 2.19. The maximum Gasteiger partial charge on any atom is 0.307 e. The first-order valence-electron chi connectivity index (χ1n) is 4.57. The second-order valence-electron chi connectivity index (χ2n) is 3.25. The van der Waals surface area contributed by atoms with Gasteiger partial charge in [0.15, 0.2) is 6.29 Å². The van der Waals surface area contributed by atoms with Crippen LogP contribution in [-0.4, -0.2) is 17.4 Å². The number of benzene rings is 1. The molecule has 0 aliphatic carbocycles. The fraction of sp³-hybridized carbons (Fsp3) is 0.167. The van der Waals surface area contributed by atoms with Crippen molar-refractivity contribution in [3.63, 3.8) is 0 Å². The van der Waals surface area contributed by atoms with Crippen LogP contribution in [-0.2, 0) is 4.79 Å². The molecule has 0 bridgehead atoms. The molecule has 1 aromatic rings. The molecule has 0 unspecified atom stereocenters. The summed E-state index contributed by atoms with van der Waals surface area (Å²) >= 11 is 0. The number of rotatable bonds is 4. The Hall–Kier alpha value is -1.90. The zero-order valence-electron chi connectivity index (χ0n) is 8.43. The molecule has 0 aliphatic heterocycles. The molecule has 0 saturated carbocycles. The lowest BCUT2D eigenvalue weighted by Crippen LogP contribution is -1.91. The monoisotopic (exact) mass is 204 g/mol. The lowest BCUT2D eigenvalue weighted by Gasteiger charge is -1.99. The van der Waals surface area contributed by atoms with Crippen LogP contribution in [0.15, 0.2) is 24.3 Å². The van der Waals surface area contributed by atoms with Gasteiger partial charge in [-0.25, -0.2) is 0 Å². The predicted molar refractivity (Wildman–Crippen MR) is 57.9 cm³/mol. The molecule has 0 spiro atoms. The molecule has 0 atom stereocenters. The highest BCUT2D eigenvalue weighted by Crippen LogP contribution is 2.11. The Kier molecular flexibility index (Phi) is 3.80. The van der Waals surface area contributed by atoms with E-state index in [2.05, 4.69) is 0 Å². The number of carbonyl (C=O) groups excluding carboxylic acids is 1. The van der Waals surface area contributed by atoms with Crippen LogP contribution >= 0.6 is 0 Å². The first kappa shape index (κ1) is 11.2. The van der Waals surface area contributed by atoms with Crippen LogP contribution < -0.4 is 0 Å². The summed E-state index contributed by atoms with van der Waals surface area (Å²) in [5.41, 5.74) is 2.33. The quantitative estimate of drug-likeness (QED) is 0.765. The average molecular weight is 204 g/mol. The smallest absolute Gasteiger partial charge is 0.307 e. The minimum Gasteiger partial charge on any atom is -0.481 e. The molecular weight excluding hydrogens is 192 g/mol. The lowest BCUT2D eigenvalue weighted by molar-refractivity contribution is -0.135. The van der Waals surface area contributed by atoms with E-state index in [0.29, 0.717) is 5.56 Å². The van der Waals surface area contributed by atoms with Crippen LogP contribution in [0.5, 0.6) is 0 Å². The summed E-state index contributed by atoms with van der Waals surface area (Å²) in [6.07, 6.45) is 3.91. The summed E-state index contributed by atoms with van der Waals surface area (Å²) in [4.78, 5) is 21.0. The van der Waals surface area contributed by atoms with Crippen molar-refractivity contribution < 1.29 is 14.7 Å². The van der Waals surface area contributed by atoms with Crippen molar-refractivity contribution in [3.8, 4) is 0 Å². The molecule has 0 aliphatic rings. The second kappa shape index (κ2) is 5.10. The third kappa shape index (κ3) is 3.38. The topological polar surface area (TPSA) is 54.4 Å². The van der Waals surface area contributed by atoms with Crippen molar-refractivity contribution in [3.05, 3.63) is 41.0 Å². The van der Waals surface area contributed by atoms with Gasteiger partial charge in [-0.3, -0.25) is 9.59 Å². The lowest BCUT2D eigenvalue weighted by atomic mass is 10.0. The van der Waals surface area contributed by atoms with E-state index >= 15 is 0 Å². The van der Waals surface area contributed by atoms with Crippen LogP contribution in [0, 0.1) is 6.92 Å². The van der Waals surface area contributed by atoms with Crippen LogP contribution in [0.1, 0.15) is 27.9 Å². The second-order valence-corrected chi connectivity index (χ2v) is 3.25. The molecule has 0 fully saturated rings. The highest BCUT2D eigenvalue weighted by Gasteiger charge is 1.98. The molecule has 1 N–H and O–H groups in total. The molecule has 78 valence electrons. The Morgan fingerprint density at radius 2 is 2.13 bits per heavy atom. The molecule has 0 heterocycles. The molecule has 15 heavy (non-hydrogen) atoms. The van der Waals surface area contributed by atoms with E-state index in [4.69, 9.17) is 5.11 Å². The molecule has 0 amide bonds. The summed E-state index contributed by atoms with van der Waals surface area (Å²) in [5, 5.41) is 8.44. The van der Waals surface area contributed by atoms with Crippen molar-refractivity contribution in [1.29, 1.82) is 0 Å². The SMILES string of the molecule is Cc1ccc(C=CCC(=O)O)c(C=O)c1. The highest BCUT2D eigenvalue weighted by atomic mass is 16.4. The van der Waals surface area contributed by atoms with Crippen molar-refractivity contribution >= 4 is 18.3 Å². The van der Waals surface area contributed by atoms with Gasteiger partial charge in [-0.05, 0) is 18.6 Å². The van der Waals surface area contributed by atoms with E-state index in [1.807, 2.05) is 13.0 Å². The summed E-state index contributed by atoms with van der Waals surface area (Å²) in [6.45, 7) is 1.90. The molecule has 1 rings (SSSR count). The number of hydrogen-bond donors (Lipinski definition) is 1. The van der Waals surface area contributed by atoms with E-state index in [1.54, 1.807) is 18.2 Å². The van der Waals surface area contributed by atoms with Crippen molar-refractivity contribution in [2.45, 2.75) is 13.3 Å². The Morgan fingerprint density at radius 3 is 2.73 bits per heavy atom. The van der Waals surface area contributed by atoms with Gasteiger partial charge in [0.25, 0.3) is 0 Å². The molecule has 0 radical (unpaired) electrons. The van der Waals surface area contributed by atoms with Crippen LogP contribution in [0.25, 0.3) is 6.08 Å².